The molecule has 0 aliphatic rings. The number of ether oxygens (including phenoxy) is 2. The van der Waals surface area contributed by atoms with Crippen LogP contribution >= 0.6 is 0 Å². The molecule has 0 aromatic heterocycles. The second-order valence-corrected chi connectivity index (χ2v) is 3.23. The van der Waals surface area contributed by atoms with Crippen molar-refractivity contribution in [3.63, 3.8) is 0 Å². The van der Waals surface area contributed by atoms with Gasteiger partial charge >= 0.3 is 11.9 Å². The number of hydrogen-bond donors (Lipinski definition) is 2. The highest BCUT2D eigenvalue weighted by molar-refractivity contribution is 5.99. The minimum Gasteiger partial charge on any atom is -0.480 e. The highest BCUT2D eigenvalue weighted by atomic mass is 16.7. The third-order valence-corrected chi connectivity index (χ3v) is 2.03. The zero-order chi connectivity index (χ0) is 12.8. The van der Waals surface area contributed by atoms with Gasteiger partial charge in [0.15, 0.2) is 12.7 Å². The third kappa shape index (κ3) is 3.46. The van der Waals surface area contributed by atoms with E-state index in [1.807, 2.05) is 0 Å². The summed E-state index contributed by atoms with van der Waals surface area (Å²) in [6, 6.07) is 5.90. The first kappa shape index (κ1) is 13.0. The van der Waals surface area contributed by atoms with E-state index in [4.69, 9.17) is 14.9 Å². The second kappa shape index (κ2) is 5.86. The number of aliphatic carboxylic acids is 2. The molecule has 0 spiro atoms. The average Bonchev–Trinajstić information content (AvgIpc) is 2.26. The van der Waals surface area contributed by atoms with Gasteiger partial charge in [-0.05, 0) is 17.7 Å². The van der Waals surface area contributed by atoms with Gasteiger partial charge in [-0.15, -0.1) is 0 Å². The fourth-order valence-electron chi connectivity index (χ4n) is 1.30. The molecule has 0 saturated carbocycles. The molecule has 0 heterocycles. The van der Waals surface area contributed by atoms with Crippen LogP contribution in [0.1, 0.15) is 11.5 Å². The Hall–Kier alpha value is -2.08. The summed E-state index contributed by atoms with van der Waals surface area (Å²) >= 11 is 0. The first-order valence-electron chi connectivity index (χ1n) is 4.73. The van der Waals surface area contributed by atoms with Crippen molar-refractivity contribution < 1.29 is 29.3 Å². The monoisotopic (exact) mass is 240 g/mol. The van der Waals surface area contributed by atoms with E-state index in [0.29, 0.717) is 5.75 Å². The van der Waals surface area contributed by atoms with Crippen molar-refractivity contribution in [1.29, 1.82) is 0 Å². The highest BCUT2D eigenvalue weighted by Gasteiger charge is 2.27. The Labute approximate surface area is 97.4 Å². The van der Waals surface area contributed by atoms with Crippen LogP contribution in [-0.4, -0.2) is 36.1 Å². The van der Waals surface area contributed by atoms with Crippen molar-refractivity contribution in [3.05, 3.63) is 29.8 Å². The summed E-state index contributed by atoms with van der Waals surface area (Å²) in [5.74, 6) is -4.07. The summed E-state index contributed by atoms with van der Waals surface area (Å²) in [7, 11) is 1.45. The molecule has 1 aromatic rings. The van der Waals surface area contributed by atoms with Gasteiger partial charge in [-0.1, -0.05) is 12.1 Å². The molecule has 0 saturated heterocycles. The van der Waals surface area contributed by atoms with Crippen LogP contribution < -0.4 is 4.74 Å². The molecule has 92 valence electrons. The van der Waals surface area contributed by atoms with Gasteiger partial charge < -0.3 is 19.7 Å². The molecule has 1 aromatic carbocycles. The van der Waals surface area contributed by atoms with Crippen LogP contribution in [0.4, 0.5) is 0 Å². The summed E-state index contributed by atoms with van der Waals surface area (Å²) in [5.41, 5.74) is 0.151. The van der Waals surface area contributed by atoms with Crippen LogP contribution in [0.25, 0.3) is 0 Å². The van der Waals surface area contributed by atoms with E-state index in [1.54, 1.807) is 6.07 Å². The molecular weight excluding hydrogens is 228 g/mol. The Morgan fingerprint density at radius 1 is 1.29 bits per heavy atom. The number of methoxy groups -OCH3 is 1. The predicted octanol–water partition coefficient (Wildman–Crippen LogP) is 0.922. The maximum atomic E-state index is 10.8. The molecule has 1 rings (SSSR count). The van der Waals surface area contributed by atoms with Crippen molar-refractivity contribution >= 4 is 11.9 Å². The standard InChI is InChI=1S/C11H12O6/c1-16-6-17-8-4-2-3-7(5-8)9(10(12)13)11(14)15/h2-5,9H,6H2,1H3,(H,12,13)(H,14,15). The Bertz CT molecular complexity index is 400. The van der Waals surface area contributed by atoms with Crippen LogP contribution in [0.15, 0.2) is 24.3 Å². The van der Waals surface area contributed by atoms with Crippen molar-refractivity contribution in [2.24, 2.45) is 0 Å². The molecule has 0 bridgehead atoms. The van der Waals surface area contributed by atoms with Gasteiger partial charge in [0, 0.05) is 7.11 Å². The minimum atomic E-state index is -1.60. The lowest BCUT2D eigenvalue weighted by Crippen LogP contribution is -2.21. The number of carboxylic acids is 2. The minimum absolute atomic E-state index is 0.00820. The Morgan fingerprint density at radius 2 is 1.94 bits per heavy atom. The maximum Gasteiger partial charge on any atom is 0.322 e. The van der Waals surface area contributed by atoms with E-state index < -0.39 is 17.9 Å². The molecule has 0 unspecified atom stereocenters. The van der Waals surface area contributed by atoms with Crippen LogP contribution in [0.2, 0.25) is 0 Å². The molecule has 6 nitrogen and oxygen atoms in total. The number of benzene rings is 1. The molecule has 0 aliphatic carbocycles. The van der Waals surface area contributed by atoms with Gasteiger partial charge in [0.1, 0.15) is 5.75 Å². The summed E-state index contributed by atoms with van der Waals surface area (Å²) in [6.07, 6.45) is 0. The fourth-order valence-corrected chi connectivity index (χ4v) is 1.30. The summed E-state index contributed by atoms with van der Waals surface area (Å²) in [5, 5.41) is 17.6. The molecule has 0 amide bonds. The zero-order valence-corrected chi connectivity index (χ0v) is 9.12. The fraction of sp³-hybridized carbons (Fsp3) is 0.273. The third-order valence-electron chi connectivity index (χ3n) is 2.03. The molecule has 6 heteroatoms. The summed E-state index contributed by atoms with van der Waals surface area (Å²) in [4.78, 5) is 21.6. The Balaban J connectivity index is 2.96. The zero-order valence-electron chi connectivity index (χ0n) is 9.12. The van der Waals surface area contributed by atoms with Gasteiger partial charge in [-0.3, -0.25) is 9.59 Å². The van der Waals surface area contributed by atoms with Crippen molar-refractivity contribution in [3.8, 4) is 5.75 Å². The summed E-state index contributed by atoms with van der Waals surface area (Å²) < 4.78 is 9.78. The lowest BCUT2D eigenvalue weighted by atomic mass is 9.99. The predicted molar refractivity (Wildman–Crippen MR) is 57.0 cm³/mol. The van der Waals surface area contributed by atoms with Gasteiger partial charge in [-0.25, -0.2) is 0 Å². The first-order chi connectivity index (χ1) is 8.06. The van der Waals surface area contributed by atoms with E-state index in [2.05, 4.69) is 4.74 Å². The number of carbonyl (C=O) groups is 2. The Kier molecular flexibility index (Phi) is 4.47. The quantitative estimate of drug-likeness (QED) is 0.567. The largest absolute Gasteiger partial charge is 0.480 e. The molecule has 0 atom stereocenters. The van der Waals surface area contributed by atoms with E-state index in [-0.39, 0.29) is 12.4 Å². The van der Waals surface area contributed by atoms with Gasteiger partial charge in [0.25, 0.3) is 0 Å². The summed E-state index contributed by atoms with van der Waals surface area (Å²) in [6.45, 7) is 0.00820. The smallest absolute Gasteiger partial charge is 0.322 e. The first-order valence-corrected chi connectivity index (χ1v) is 4.73. The SMILES string of the molecule is COCOc1cccc(C(C(=O)O)C(=O)O)c1. The highest BCUT2D eigenvalue weighted by Crippen LogP contribution is 2.21. The average molecular weight is 240 g/mol. The van der Waals surface area contributed by atoms with Crippen LogP contribution in [0, 0.1) is 0 Å². The number of carboxylic acid groups (broad SMARTS) is 2. The Morgan fingerprint density at radius 3 is 2.47 bits per heavy atom. The van der Waals surface area contributed by atoms with E-state index in [9.17, 15) is 9.59 Å². The van der Waals surface area contributed by atoms with E-state index >= 15 is 0 Å². The van der Waals surface area contributed by atoms with E-state index in [1.165, 1.54) is 25.3 Å². The van der Waals surface area contributed by atoms with Crippen molar-refractivity contribution in [1.82, 2.24) is 0 Å². The number of hydrogen-bond acceptors (Lipinski definition) is 4. The van der Waals surface area contributed by atoms with Gasteiger partial charge in [0.2, 0.25) is 0 Å². The van der Waals surface area contributed by atoms with E-state index in [0.717, 1.165) is 0 Å². The van der Waals surface area contributed by atoms with Crippen LogP contribution in [0.5, 0.6) is 5.75 Å². The molecule has 0 radical (unpaired) electrons. The molecule has 2 N–H and O–H groups in total. The maximum absolute atomic E-state index is 10.8. The van der Waals surface area contributed by atoms with Crippen LogP contribution in [0.3, 0.4) is 0 Å². The molecular formula is C11H12O6. The lowest BCUT2D eigenvalue weighted by molar-refractivity contribution is -0.150. The molecule has 0 fully saturated rings. The van der Waals surface area contributed by atoms with Crippen LogP contribution in [-0.2, 0) is 14.3 Å². The van der Waals surface area contributed by atoms with Gasteiger partial charge in [0.05, 0.1) is 0 Å². The normalized spacial score (nSPS) is 10.2. The molecule has 0 aliphatic heterocycles. The number of rotatable bonds is 6. The van der Waals surface area contributed by atoms with Crippen molar-refractivity contribution in [2.45, 2.75) is 5.92 Å². The van der Waals surface area contributed by atoms with Gasteiger partial charge in [-0.2, -0.15) is 0 Å². The second-order valence-electron chi connectivity index (χ2n) is 3.23. The lowest BCUT2D eigenvalue weighted by Gasteiger charge is -2.10. The van der Waals surface area contributed by atoms with Crippen molar-refractivity contribution in [2.75, 3.05) is 13.9 Å². The topological polar surface area (TPSA) is 93.1 Å². The molecule has 17 heavy (non-hydrogen) atoms.